The molecule has 1 aliphatic heterocycles. The topological polar surface area (TPSA) is 123 Å². The van der Waals surface area contributed by atoms with Crippen LogP contribution >= 0.6 is 45.3 Å². The van der Waals surface area contributed by atoms with Crippen LogP contribution in [0.25, 0.3) is 21.1 Å². The Labute approximate surface area is 270 Å². The van der Waals surface area contributed by atoms with Crippen molar-refractivity contribution in [2.24, 2.45) is 7.05 Å². The van der Waals surface area contributed by atoms with Gasteiger partial charge in [0, 0.05) is 30.4 Å². The van der Waals surface area contributed by atoms with Crippen LogP contribution in [0.3, 0.4) is 0 Å². The third-order valence-corrected chi connectivity index (χ3v) is 11.3. The number of hydrogen-bond acceptors (Lipinski definition) is 10. The van der Waals surface area contributed by atoms with Gasteiger partial charge in [-0.05, 0) is 65.1 Å². The van der Waals surface area contributed by atoms with Crippen LogP contribution in [-0.4, -0.2) is 58.6 Å². The molecule has 44 heavy (non-hydrogen) atoms. The van der Waals surface area contributed by atoms with Gasteiger partial charge in [0.15, 0.2) is 0 Å². The van der Waals surface area contributed by atoms with Crippen LogP contribution in [-0.2, 0) is 23.1 Å². The maximum atomic E-state index is 12.9. The Kier molecular flexibility index (Phi) is 8.77. The zero-order valence-electron chi connectivity index (χ0n) is 24.2. The van der Waals surface area contributed by atoms with Crippen LogP contribution in [0.5, 0.6) is 5.88 Å². The number of fused-ring (bicyclic) bond motifs is 3. The van der Waals surface area contributed by atoms with Crippen molar-refractivity contribution in [3.8, 4) is 5.88 Å². The Hall–Kier alpha value is -2.97. The predicted octanol–water partition coefficient (Wildman–Crippen LogP) is 7.67. The molecule has 0 amide bonds. The van der Waals surface area contributed by atoms with E-state index in [1.54, 1.807) is 34.3 Å². The van der Waals surface area contributed by atoms with Crippen molar-refractivity contribution in [3.63, 3.8) is 0 Å². The normalized spacial score (nSPS) is 18.0. The van der Waals surface area contributed by atoms with E-state index < -0.39 is 16.7 Å². The number of halogens is 2. The van der Waals surface area contributed by atoms with Crippen molar-refractivity contribution < 1.29 is 23.4 Å². The van der Waals surface area contributed by atoms with Gasteiger partial charge in [-0.1, -0.05) is 47.5 Å². The Morgan fingerprint density at radius 3 is 2.82 bits per heavy atom. The van der Waals surface area contributed by atoms with Gasteiger partial charge in [-0.2, -0.15) is 4.31 Å². The average Bonchev–Trinajstić information content (AvgIpc) is 3.61. The number of rotatable bonds is 8. The van der Waals surface area contributed by atoms with Crippen molar-refractivity contribution in [1.82, 2.24) is 24.3 Å². The van der Waals surface area contributed by atoms with Gasteiger partial charge in [0.05, 0.1) is 35.1 Å². The van der Waals surface area contributed by atoms with Crippen molar-refractivity contribution in [3.05, 3.63) is 74.7 Å². The summed E-state index contributed by atoms with van der Waals surface area (Å²) in [4.78, 5) is 17.3. The molecule has 0 aliphatic carbocycles. The minimum Gasteiger partial charge on any atom is -0.472 e. The molecule has 0 spiro atoms. The van der Waals surface area contributed by atoms with E-state index in [-0.39, 0.29) is 54.0 Å². The average molecular weight is 677 g/mol. The minimum absolute atomic E-state index is 0.0522. The van der Waals surface area contributed by atoms with Gasteiger partial charge >= 0.3 is 5.97 Å². The van der Waals surface area contributed by atoms with Crippen molar-refractivity contribution in [2.75, 3.05) is 13.2 Å². The molecule has 0 saturated heterocycles. The molecule has 0 fully saturated rings. The second-order valence-corrected chi connectivity index (χ2v) is 14.3. The lowest BCUT2D eigenvalue weighted by atomic mass is 9.86. The van der Waals surface area contributed by atoms with Crippen LogP contribution in [0.4, 0.5) is 0 Å². The fourth-order valence-corrected chi connectivity index (χ4v) is 8.60. The standard InChI is InChI=1S/C30H31Cl2N5O5S2/c1-4-21-16-37(44(39,40)25-12-20(31)14-33-30(25)42-21)15-19-11-18(10-17-8-9-43-29(17)19)23(13-26(38)41-5-2)22-6-7-24-28(27(22)32)34-35-36(24)3/h6-12,14,21,23,39-40H,4-5,13,15-16H2,1-3H3/t21-,23?/m1/s1. The molecule has 2 N–H and O–H groups in total. The molecule has 5 aromatic rings. The Balaban J connectivity index is 1.46. The summed E-state index contributed by atoms with van der Waals surface area (Å²) in [5.74, 6) is -0.649. The molecule has 3 aromatic heterocycles. The number of aryl methyl sites for hydroxylation is 1. The lowest BCUT2D eigenvalue weighted by Gasteiger charge is -2.41. The summed E-state index contributed by atoms with van der Waals surface area (Å²) in [6, 6.07) is 11.4. The third-order valence-electron chi connectivity index (χ3n) is 7.78. The van der Waals surface area contributed by atoms with E-state index in [4.69, 9.17) is 32.7 Å². The fraction of sp³-hybridized carbons (Fsp3) is 0.333. The van der Waals surface area contributed by atoms with Crippen molar-refractivity contribution in [2.45, 2.75) is 50.2 Å². The van der Waals surface area contributed by atoms with Crippen LogP contribution in [0.1, 0.15) is 49.3 Å². The number of pyridine rings is 1. The van der Waals surface area contributed by atoms with Crippen LogP contribution in [0.15, 0.2) is 52.9 Å². The van der Waals surface area contributed by atoms with Gasteiger partial charge in [0.25, 0.3) is 0 Å². The Morgan fingerprint density at radius 2 is 2.05 bits per heavy atom. The van der Waals surface area contributed by atoms with Gasteiger partial charge in [0.2, 0.25) is 5.88 Å². The zero-order chi connectivity index (χ0) is 31.2. The monoisotopic (exact) mass is 675 g/mol. The molecule has 10 nitrogen and oxygen atoms in total. The number of thiophene rings is 1. The molecule has 14 heteroatoms. The number of aromatic nitrogens is 4. The van der Waals surface area contributed by atoms with Crippen molar-refractivity contribution in [1.29, 1.82) is 0 Å². The molecule has 4 heterocycles. The van der Waals surface area contributed by atoms with Crippen LogP contribution < -0.4 is 4.74 Å². The summed E-state index contributed by atoms with van der Waals surface area (Å²) in [6.07, 6.45) is 1.79. The fourth-order valence-electron chi connectivity index (χ4n) is 5.56. The minimum atomic E-state index is -3.52. The largest absolute Gasteiger partial charge is 0.472 e. The van der Waals surface area contributed by atoms with E-state index in [9.17, 15) is 13.9 Å². The van der Waals surface area contributed by atoms with Crippen LogP contribution in [0, 0.1) is 0 Å². The SMILES string of the molecule is CCOC(=O)CC(c1cc(CN2C[C@@H](CC)Oc3ncc(Cl)cc3S2(O)O)c2sccc2c1)c1ccc2c(nnn2C)c1Cl. The van der Waals surface area contributed by atoms with E-state index in [0.717, 1.165) is 32.3 Å². The van der Waals surface area contributed by atoms with Gasteiger partial charge in [-0.25, -0.2) is 9.67 Å². The summed E-state index contributed by atoms with van der Waals surface area (Å²) < 4.78 is 39.1. The molecule has 0 bridgehead atoms. The van der Waals surface area contributed by atoms with Gasteiger partial charge in [0.1, 0.15) is 16.5 Å². The lowest BCUT2D eigenvalue weighted by molar-refractivity contribution is -0.143. The number of ether oxygens (including phenoxy) is 2. The smallest absolute Gasteiger partial charge is 0.306 e. The number of nitrogens with zero attached hydrogens (tertiary/aromatic N) is 5. The number of hydrogen-bond donors (Lipinski definition) is 2. The van der Waals surface area contributed by atoms with E-state index in [1.165, 1.54) is 12.3 Å². The van der Waals surface area contributed by atoms with Gasteiger partial charge in [-0.3, -0.25) is 13.9 Å². The second-order valence-electron chi connectivity index (χ2n) is 10.6. The molecule has 2 aromatic carbocycles. The van der Waals surface area contributed by atoms with Gasteiger partial charge in [-0.15, -0.1) is 27.2 Å². The number of carbonyl (C=O) groups excluding carboxylic acids is 1. The maximum Gasteiger partial charge on any atom is 0.306 e. The first-order valence-corrected chi connectivity index (χ1v) is 17.2. The molecule has 2 atom stereocenters. The summed E-state index contributed by atoms with van der Waals surface area (Å²) in [6.45, 7) is 4.46. The summed E-state index contributed by atoms with van der Waals surface area (Å²) >= 11 is 14.7. The number of carbonyl (C=O) groups is 1. The molecular formula is C30H31Cl2N5O5S2. The molecule has 0 saturated carbocycles. The molecule has 1 unspecified atom stereocenters. The summed E-state index contributed by atoms with van der Waals surface area (Å²) in [5.41, 5.74) is 3.75. The maximum absolute atomic E-state index is 12.9. The highest BCUT2D eigenvalue weighted by molar-refractivity contribution is 8.22. The first-order chi connectivity index (χ1) is 21.1. The molecule has 6 rings (SSSR count). The molecule has 0 radical (unpaired) electrons. The molecule has 1 aliphatic rings. The molecular weight excluding hydrogens is 645 g/mol. The first-order valence-electron chi connectivity index (χ1n) is 14.1. The number of esters is 1. The van der Waals surface area contributed by atoms with E-state index in [2.05, 4.69) is 15.3 Å². The quantitative estimate of drug-likeness (QED) is 0.160. The Morgan fingerprint density at radius 1 is 1.23 bits per heavy atom. The van der Waals surface area contributed by atoms with E-state index >= 15 is 0 Å². The third kappa shape index (κ3) is 5.76. The predicted molar refractivity (Wildman–Crippen MR) is 174 cm³/mol. The lowest BCUT2D eigenvalue weighted by Crippen LogP contribution is -2.34. The summed E-state index contributed by atoms with van der Waals surface area (Å²) in [5, 5.41) is 12.0. The molecule has 232 valence electrons. The Bertz CT molecular complexity index is 1860. The number of benzene rings is 2. The first kappa shape index (κ1) is 31.0. The highest BCUT2D eigenvalue weighted by atomic mass is 35.5. The highest BCUT2D eigenvalue weighted by Gasteiger charge is 2.36. The van der Waals surface area contributed by atoms with E-state index in [1.807, 2.05) is 42.6 Å². The van der Waals surface area contributed by atoms with Gasteiger partial charge < -0.3 is 9.47 Å². The van der Waals surface area contributed by atoms with E-state index in [0.29, 0.717) is 17.0 Å². The zero-order valence-corrected chi connectivity index (χ0v) is 27.4. The van der Waals surface area contributed by atoms with Crippen LogP contribution in [0.2, 0.25) is 10.0 Å². The summed E-state index contributed by atoms with van der Waals surface area (Å²) in [7, 11) is -1.73. The highest BCUT2D eigenvalue weighted by Crippen LogP contribution is 2.58. The second kappa shape index (κ2) is 12.4. The van der Waals surface area contributed by atoms with Crippen molar-refractivity contribution >= 4 is 72.4 Å².